The zero-order chi connectivity index (χ0) is 31.2. The molecule has 5 amide bonds. The van der Waals surface area contributed by atoms with Crippen molar-refractivity contribution in [3.63, 3.8) is 0 Å². The van der Waals surface area contributed by atoms with E-state index in [0.717, 1.165) is 17.9 Å². The maximum absolute atomic E-state index is 12.3. The van der Waals surface area contributed by atoms with Crippen LogP contribution in [0.2, 0.25) is 0 Å². The number of halogens is 3. The molecule has 0 bridgehead atoms. The van der Waals surface area contributed by atoms with Gasteiger partial charge in [-0.15, -0.1) is 0 Å². The van der Waals surface area contributed by atoms with Gasteiger partial charge in [-0.2, -0.15) is 13.2 Å². The zero-order valence-electron chi connectivity index (χ0n) is 24.4. The van der Waals surface area contributed by atoms with Crippen LogP contribution < -0.4 is 21.7 Å². The third-order valence-corrected chi connectivity index (χ3v) is 4.87. The molecule has 0 aromatic carbocycles. The Kier molecular flexibility index (Phi) is 23.7. The van der Waals surface area contributed by atoms with Gasteiger partial charge in [0.15, 0.2) is 0 Å². The monoisotopic (exact) mass is 571 g/mol. The molecule has 5 N–H and O–H groups in total. The highest BCUT2D eigenvalue weighted by atomic mass is 19.4. The van der Waals surface area contributed by atoms with Gasteiger partial charge in [0.25, 0.3) is 0 Å². The van der Waals surface area contributed by atoms with Crippen LogP contribution in [0.5, 0.6) is 0 Å². The number of ether oxygens (including phenoxy) is 1. The van der Waals surface area contributed by atoms with Crippen molar-refractivity contribution in [2.75, 3.05) is 33.3 Å². The lowest BCUT2D eigenvalue weighted by molar-refractivity contribution is -0.171. The summed E-state index contributed by atoms with van der Waals surface area (Å²) >= 11 is 0. The van der Waals surface area contributed by atoms with Gasteiger partial charge in [-0.25, -0.2) is 4.79 Å². The van der Waals surface area contributed by atoms with Gasteiger partial charge in [0.1, 0.15) is 12.6 Å². The fourth-order valence-electron chi connectivity index (χ4n) is 3.09. The van der Waals surface area contributed by atoms with Gasteiger partial charge in [-0.3, -0.25) is 19.2 Å². The van der Waals surface area contributed by atoms with Crippen molar-refractivity contribution in [1.29, 1.82) is 0 Å². The van der Waals surface area contributed by atoms with Gasteiger partial charge in [-0.1, -0.05) is 48.5 Å². The topological polar surface area (TPSA) is 160 Å². The molecule has 2 saturated heterocycles. The number of amides is 5. The summed E-state index contributed by atoms with van der Waals surface area (Å²) in [6.45, 7) is 14.5. The molecular weight excluding hydrogens is 523 g/mol. The predicted molar refractivity (Wildman–Crippen MR) is 142 cm³/mol. The first-order valence-electron chi connectivity index (χ1n) is 13.2. The number of hydrogen-bond donors (Lipinski definition) is 4. The molecule has 0 spiro atoms. The van der Waals surface area contributed by atoms with E-state index >= 15 is 0 Å². The number of nitrogens with two attached hydrogens (primary N) is 1. The fraction of sp³-hybridized carbons (Fsp3) is 0.800. The fourth-order valence-corrected chi connectivity index (χ4v) is 3.09. The molecule has 2 heterocycles. The van der Waals surface area contributed by atoms with Crippen LogP contribution in [0.1, 0.15) is 67.7 Å². The van der Waals surface area contributed by atoms with Crippen LogP contribution in [0, 0.1) is 17.8 Å². The van der Waals surface area contributed by atoms with E-state index in [0.29, 0.717) is 19.4 Å². The maximum Gasteiger partial charge on any atom is 0.407 e. The van der Waals surface area contributed by atoms with E-state index in [4.69, 9.17) is 5.73 Å². The minimum absolute atomic E-state index is 0.0614. The summed E-state index contributed by atoms with van der Waals surface area (Å²) in [7, 11) is 1.13. The minimum Gasteiger partial charge on any atom is -0.453 e. The summed E-state index contributed by atoms with van der Waals surface area (Å²) in [4.78, 5) is 55.4. The average Bonchev–Trinajstić information content (AvgIpc) is 3.54. The number of primary amides is 1. The zero-order valence-corrected chi connectivity index (χ0v) is 24.4. The molecule has 0 unspecified atom stereocenters. The Hall–Kier alpha value is -3.06. The van der Waals surface area contributed by atoms with Crippen LogP contribution in [0.4, 0.5) is 18.0 Å². The molecule has 2 rings (SSSR count). The lowest BCUT2D eigenvalue weighted by Gasteiger charge is -2.17. The quantitative estimate of drug-likeness (QED) is 0.344. The SMILES string of the molecule is CC.CC.CC(C)C.COC(=O)NCC(=O)N1CC[C@@H](C(F)(F)F)C1.NC(=O)[C@H](C[C@@H]1CCNC1=O)NC=O. The van der Waals surface area contributed by atoms with Crippen LogP contribution in [-0.4, -0.2) is 80.6 Å². The van der Waals surface area contributed by atoms with Crippen LogP contribution in [-0.2, 0) is 23.9 Å². The van der Waals surface area contributed by atoms with Gasteiger partial charge in [0.2, 0.25) is 24.1 Å². The standard InChI is InChI=1S/C9H13F3N2O3.C8H13N3O3.C4H10.2C2H6/c1-17-8(16)13-4-7(15)14-3-2-6(5-14)9(10,11)12;9-7(13)6(11-4-12)3-5-1-2-10-8(5)14;1-4(2)3;2*1-2/h6H,2-5H2,1H3,(H,13,16);4-6H,1-3H2,(H2,9,13)(H,10,14)(H,11,12);4H,1-3H3;2*1-2H3/t6-;5-,6-;;;/m10.../s1. The van der Waals surface area contributed by atoms with E-state index in [1.54, 1.807) is 0 Å². The summed E-state index contributed by atoms with van der Waals surface area (Å²) in [5.74, 6) is -2.09. The Morgan fingerprint density at radius 2 is 1.69 bits per heavy atom. The van der Waals surface area contributed by atoms with Crippen molar-refractivity contribution < 1.29 is 41.9 Å². The third-order valence-electron chi connectivity index (χ3n) is 4.87. The summed E-state index contributed by atoms with van der Waals surface area (Å²) in [6.07, 6.45) is -3.77. The van der Waals surface area contributed by atoms with Crippen molar-refractivity contribution in [2.24, 2.45) is 23.5 Å². The Morgan fingerprint density at radius 1 is 1.15 bits per heavy atom. The lowest BCUT2D eigenvalue weighted by atomic mass is 9.98. The van der Waals surface area contributed by atoms with E-state index in [9.17, 15) is 37.1 Å². The first-order chi connectivity index (χ1) is 18.2. The number of likely N-dealkylation sites (tertiary alicyclic amines) is 1. The molecule has 2 aliphatic heterocycles. The summed E-state index contributed by atoms with van der Waals surface area (Å²) < 4.78 is 41.3. The molecule has 0 saturated carbocycles. The molecule has 14 heteroatoms. The van der Waals surface area contributed by atoms with Crippen LogP contribution in [0.15, 0.2) is 0 Å². The van der Waals surface area contributed by atoms with Crippen molar-refractivity contribution in [2.45, 2.75) is 79.9 Å². The molecule has 2 fully saturated rings. The van der Waals surface area contributed by atoms with E-state index in [-0.39, 0.29) is 44.3 Å². The highest BCUT2D eigenvalue weighted by Gasteiger charge is 2.44. The number of nitrogens with one attached hydrogen (secondary N) is 3. The highest BCUT2D eigenvalue weighted by Crippen LogP contribution is 2.33. The van der Waals surface area contributed by atoms with Crippen molar-refractivity contribution in [3.8, 4) is 0 Å². The molecule has 0 radical (unpaired) electrons. The Labute approximate surface area is 230 Å². The Morgan fingerprint density at radius 3 is 2.05 bits per heavy atom. The van der Waals surface area contributed by atoms with E-state index in [1.807, 2.05) is 27.7 Å². The van der Waals surface area contributed by atoms with Gasteiger partial charge in [-0.05, 0) is 25.2 Å². The molecular formula is C25H48F3N5O6. The number of alkyl carbamates (subject to hydrolysis) is 1. The number of alkyl halides is 3. The number of methoxy groups -OCH3 is 1. The minimum atomic E-state index is -4.27. The first kappa shape index (κ1) is 40.4. The van der Waals surface area contributed by atoms with Crippen molar-refractivity contribution in [1.82, 2.24) is 20.9 Å². The number of carbonyl (C=O) groups excluding carboxylic acids is 5. The average molecular weight is 572 g/mol. The largest absolute Gasteiger partial charge is 0.453 e. The molecule has 39 heavy (non-hydrogen) atoms. The van der Waals surface area contributed by atoms with Gasteiger partial charge >= 0.3 is 12.3 Å². The molecule has 0 aromatic rings. The maximum atomic E-state index is 12.3. The lowest BCUT2D eigenvalue weighted by Crippen LogP contribution is -2.42. The second-order valence-electron chi connectivity index (χ2n) is 8.70. The van der Waals surface area contributed by atoms with Crippen molar-refractivity contribution >= 4 is 30.2 Å². The highest BCUT2D eigenvalue weighted by molar-refractivity contribution is 5.85. The van der Waals surface area contributed by atoms with Crippen LogP contribution in [0.3, 0.4) is 0 Å². The summed E-state index contributed by atoms with van der Waals surface area (Å²) in [5, 5.41) is 7.07. The van der Waals surface area contributed by atoms with Crippen LogP contribution >= 0.6 is 0 Å². The normalized spacial score (nSPS) is 18.2. The molecule has 2 aliphatic rings. The van der Waals surface area contributed by atoms with E-state index in [2.05, 4.69) is 41.5 Å². The number of rotatable bonds is 7. The third kappa shape index (κ3) is 19.6. The molecule has 11 nitrogen and oxygen atoms in total. The number of nitrogens with zero attached hydrogens (tertiary/aromatic N) is 1. The van der Waals surface area contributed by atoms with Crippen LogP contribution in [0.25, 0.3) is 0 Å². The second-order valence-corrected chi connectivity index (χ2v) is 8.70. The first-order valence-corrected chi connectivity index (χ1v) is 13.2. The van der Waals surface area contributed by atoms with Gasteiger partial charge in [0.05, 0.1) is 13.0 Å². The molecule has 0 aliphatic carbocycles. The number of hydrogen-bond acceptors (Lipinski definition) is 6. The Balaban J connectivity index is -0.000000530. The second kappa shape index (κ2) is 22.9. The van der Waals surface area contributed by atoms with E-state index < -0.39 is 36.0 Å². The summed E-state index contributed by atoms with van der Waals surface area (Å²) in [6, 6.07) is -0.749. The van der Waals surface area contributed by atoms with Gasteiger partial charge in [0, 0.05) is 25.6 Å². The molecule has 230 valence electrons. The van der Waals surface area contributed by atoms with E-state index in [1.165, 1.54) is 0 Å². The predicted octanol–water partition coefficient (Wildman–Crippen LogP) is 2.58. The van der Waals surface area contributed by atoms with Gasteiger partial charge < -0.3 is 31.3 Å². The molecule has 0 aromatic heterocycles. The smallest absolute Gasteiger partial charge is 0.407 e. The Bertz CT molecular complexity index is 720. The molecule has 3 atom stereocenters. The summed E-state index contributed by atoms with van der Waals surface area (Å²) in [5.41, 5.74) is 5.05. The number of carbonyl (C=O) groups is 5. The van der Waals surface area contributed by atoms with Crippen molar-refractivity contribution in [3.05, 3.63) is 0 Å².